The first-order chi connectivity index (χ1) is 5.63. The van der Waals surface area contributed by atoms with Gasteiger partial charge in [-0.05, 0) is 12.8 Å². The zero-order chi connectivity index (χ0) is 8.82. The van der Waals surface area contributed by atoms with E-state index in [4.69, 9.17) is 10.2 Å². The minimum Gasteiger partial charge on any atom is -0.481 e. The lowest BCUT2D eigenvalue weighted by Crippen LogP contribution is -2.66. The molecule has 0 atom stereocenters. The molecular weight excluding hydrogens is 158 g/mol. The van der Waals surface area contributed by atoms with Gasteiger partial charge in [-0.2, -0.15) is 0 Å². The third-order valence-corrected chi connectivity index (χ3v) is 3.18. The Labute approximate surface area is 70.6 Å². The Morgan fingerprint density at radius 3 is 2.58 bits per heavy atom. The second-order valence-corrected chi connectivity index (χ2v) is 4.20. The SMILES string of the molecule is O=C(O)C12CNCC(CO)(C1)C2. The Hall–Kier alpha value is -0.610. The van der Waals surface area contributed by atoms with Crippen LogP contribution in [0.4, 0.5) is 0 Å². The number of nitrogens with one attached hydrogen (secondary N) is 1. The smallest absolute Gasteiger partial charge is 0.310 e. The van der Waals surface area contributed by atoms with Crippen molar-refractivity contribution in [2.75, 3.05) is 19.7 Å². The van der Waals surface area contributed by atoms with E-state index >= 15 is 0 Å². The molecule has 0 aromatic carbocycles. The molecule has 0 amide bonds. The van der Waals surface area contributed by atoms with E-state index in [0.717, 1.165) is 6.54 Å². The Balaban J connectivity index is 2.13. The molecule has 2 bridgehead atoms. The molecule has 0 spiro atoms. The van der Waals surface area contributed by atoms with Gasteiger partial charge in [0.2, 0.25) is 0 Å². The fourth-order valence-corrected chi connectivity index (χ4v) is 2.60. The molecule has 1 saturated carbocycles. The van der Waals surface area contributed by atoms with Gasteiger partial charge in [0.1, 0.15) is 0 Å². The normalized spacial score (nSPS) is 45.1. The van der Waals surface area contributed by atoms with Crippen molar-refractivity contribution in [3.63, 3.8) is 0 Å². The minimum atomic E-state index is -0.723. The first-order valence-corrected chi connectivity index (χ1v) is 4.18. The highest BCUT2D eigenvalue weighted by Gasteiger charge is 2.61. The number of piperidine rings is 2. The molecule has 3 aliphatic rings. The van der Waals surface area contributed by atoms with E-state index in [2.05, 4.69) is 5.32 Å². The van der Waals surface area contributed by atoms with Crippen molar-refractivity contribution >= 4 is 5.97 Å². The summed E-state index contributed by atoms with van der Waals surface area (Å²) in [6.07, 6.45) is 1.28. The van der Waals surface area contributed by atoms with Crippen LogP contribution in [0.1, 0.15) is 12.8 Å². The predicted molar refractivity (Wildman–Crippen MR) is 41.7 cm³/mol. The summed E-state index contributed by atoms with van der Waals surface area (Å²) in [5.41, 5.74) is -0.697. The number of fused-ring (bicyclic) bond motifs is 2. The Morgan fingerprint density at radius 1 is 1.42 bits per heavy atom. The summed E-state index contributed by atoms with van der Waals surface area (Å²) in [5, 5.41) is 21.0. The molecule has 4 heteroatoms. The van der Waals surface area contributed by atoms with E-state index < -0.39 is 11.4 Å². The van der Waals surface area contributed by atoms with Gasteiger partial charge < -0.3 is 15.5 Å². The molecule has 3 fully saturated rings. The van der Waals surface area contributed by atoms with E-state index in [9.17, 15) is 4.79 Å². The molecule has 68 valence electrons. The molecule has 0 unspecified atom stereocenters. The molecule has 3 rings (SSSR count). The first kappa shape index (κ1) is 8.01. The maximum absolute atomic E-state index is 10.9. The Kier molecular flexibility index (Phi) is 1.47. The molecule has 2 aliphatic heterocycles. The fraction of sp³-hybridized carbons (Fsp3) is 0.875. The highest BCUT2D eigenvalue weighted by Crippen LogP contribution is 2.56. The summed E-state index contributed by atoms with van der Waals surface area (Å²) in [6.45, 7) is 1.43. The van der Waals surface area contributed by atoms with E-state index in [-0.39, 0.29) is 12.0 Å². The lowest BCUT2D eigenvalue weighted by molar-refractivity contribution is -0.176. The van der Waals surface area contributed by atoms with Crippen molar-refractivity contribution in [3.8, 4) is 0 Å². The average Bonchev–Trinajstić information content (AvgIpc) is 2.03. The monoisotopic (exact) mass is 171 g/mol. The maximum Gasteiger partial charge on any atom is 0.310 e. The van der Waals surface area contributed by atoms with Crippen molar-refractivity contribution < 1.29 is 15.0 Å². The van der Waals surface area contributed by atoms with Gasteiger partial charge in [0, 0.05) is 25.1 Å². The van der Waals surface area contributed by atoms with Crippen LogP contribution in [-0.4, -0.2) is 35.9 Å². The van der Waals surface area contributed by atoms with E-state index in [1.165, 1.54) is 0 Å². The van der Waals surface area contributed by atoms with Crippen LogP contribution >= 0.6 is 0 Å². The van der Waals surface area contributed by atoms with Crippen LogP contribution in [0.5, 0.6) is 0 Å². The number of rotatable bonds is 2. The summed E-state index contributed by atoms with van der Waals surface area (Å²) in [7, 11) is 0. The van der Waals surface area contributed by atoms with E-state index in [1.807, 2.05) is 0 Å². The van der Waals surface area contributed by atoms with Crippen molar-refractivity contribution in [1.29, 1.82) is 0 Å². The van der Waals surface area contributed by atoms with Crippen LogP contribution in [-0.2, 0) is 4.79 Å². The summed E-state index contributed by atoms with van der Waals surface area (Å²) >= 11 is 0. The number of hydrogen-bond donors (Lipinski definition) is 3. The molecule has 1 aliphatic carbocycles. The maximum atomic E-state index is 10.9. The summed E-state index contributed by atoms with van der Waals surface area (Å²) in [4.78, 5) is 10.9. The average molecular weight is 171 g/mol. The second kappa shape index (κ2) is 2.20. The first-order valence-electron chi connectivity index (χ1n) is 4.18. The molecule has 2 heterocycles. The molecule has 0 radical (unpaired) electrons. The number of carboxylic acids is 1. The quantitative estimate of drug-likeness (QED) is 0.520. The van der Waals surface area contributed by atoms with Crippen LogP contribution in [0, 0.1) is 10.8 Å². The minimum absolute atomic E-state index is 0.106. The van der Waals surface area contributed by atoms with Gasteiger partial charge in [0.15, 0.2) is 0 Å². The summed E-state index contributed by atoms with van der Waals surface area (Å²) in [6, 6.07) is 0. The lowest BCUT2D eigenvalue weighted by Gasteiger charge is -2.57. The molecule has 3 N–H and O–H groups in total. The van der Waals surface area contributed by atoms with Crippen LogP contribution in [0.25, 0.3) is 0 Å². The number of aliphatic carboxylic acids is 1. The summed E-state index contributed by atoms with van der Waals surface area (Å²) in [5.74, 6) is -0.723. The van der Waals surface area contributed by atoms with Crippen molar-refractivity contribution in [3.05, 3.63) is 0 Å². The molecule has 0 aromatic rings. The van der Waals surface area contributed by atoms with Gasteiger partial charge in [0.05, 0.1) is 5.41 Å². The van der Waals surface area contributed by atoms with Gasteiger partial charge in [-0.3, -0.25) is 4.79 Å². The van der Waals surface area contributed by atoms with E-state index in [0.29, 0.717) is 19.4 Å². The molecule has 4 nitrogen and oxygen atoms in total. The van der Waals surface area contributed by atoms with E-state index in [1.54, 1.807) is 0 Å². The zero-order valence-electron chi connectivity index (χ0n) is 6.84. The lowest BCUT2D eigenvalue weighted by atomic mass is 9.50. The van der Waals surface area contributed by atoms with Crippen molar-refractivity contribution in [2.45, 2.75) is 12.8 Å². The standard InChI is InChI=1S/C8H13NO3/c10-5-7-1-8(2-7,6(11)12)4-9-3-7/h9-10H,1-5H2,(H,11,12). The molecule has 0 aromatic heterocycles. The molecule has 2 saturated heterocycles. The third kappa shape index (κ3) is 0.820. The van der Waals surface area contributed by atoms with Gasteiger partial charge in [0.25, 0.3) is 0 Å². The number of carbonyl (C=O) groups is 1. The number of aliphatic hydroxyl groups is 1. The van der Waals surface area contributed by atoms with Crippen LogP contribution in [0.15, 0.2) is 0 Å². The van der Waals surface area contributed by atoms with Gasteiger partial charge in [-0.25, -0.2) is 0 Å². The van der Waals surface area contributed by atoms with Gasteiger partial charge >= 0.3 is 5.97 Å². The highest BCUT2D eigenvalue weighted by molar-refractivity contribution is 5.77. The van der Waals surface area contributed by atoms with Gasteiger partial charge in [-0.1, -0.05) is 0 Å². The van der Waals surface area contributed by atoms with Crippen molar-refractivity contribution in [2.24, 2.45) is 10.8 Å². The molecular formula is C8H13NO3. The van der Waals surface area contributed by atoms with Crippen molar-refractivity contribution in [1.82, 2.24) is 5.32 Å². The zero-order valence-corrected chi connectivity index (χ0v) is 6.84. The third-order valence-electron chi connectivity index (χ3n) is 3.18. The predicted octanol–water partition coefficient (Wildman–Crippen LogP) is -0.567. The van der Waals surface area contributed by atoms with Crippen LogP contribution in [0.2, 0.25) is 0 Å². The topological polar surface area (TPSA) is 69.6 Å². The van der Waals surface area contributed by atoms with Crippen LogP contribution in [0.3, 0.4) is 0 Å². The van der Waals surface area contributed by atoms with Crippen LogP contribution < -0.4 is 5.32 Å². The number of carboxylic acid groups (broad SMARTS) is 1. The molecule has 12 heavy (non-hydrogen) atoms. The summed E-state index contributed by atoms with van der Waals surface area (Å²) < 4.78 is 0. The largest absolute Gasteiger partial charge is 0.481 e. The van der Waals surface area contributed by atoms with Gasteiger partial charge in [-0.15, -0.1) is 0 Å². The highest BCUT2D eigenvalue weighted by atomic mass is 16.4. The Bertz CT molecular complexity index is 220. The second-order valence-electron chi connectivity index (χ2n) is 4.20. The number of hydrogen-bond acceptors (Lipinski definition) is 3. The number of aliphatic hydroxyl groups excluding tert-OH is 1. The Morgan fingerprint density at radius 2 is 2.08 bits per heavy atom. The fourth-order valence-electron chi connectivity index (χ4n) is 2.60.